The molecule has 3 aromatic carbocycles. The van der Waals surface area contributed by atoms with Crippen molar-refractivity contribution in [2.24, 2.45) is 0 Å². The molecule has 1 saturated heterocycles. The van der Waals surface area contributed by atoms with E-state index >= 15 is 0 Å². The van der Waals surface area contributed by atoms with Gasteiger partial charge in [0.2, 0.25) is 0 Å². The summed E-state index contributed by atoms with van der Waals surface area (Å²) in [6.07, 6.45) is -3.87. The van der Waals surface area contributed by atoms with E-state index in [9.17, 15) is 5.11 Å². The third kappa shape index (κ3) is 7.69. The number of rotatable bonds is 13. The van der Waals surface area contributed by atoms with Gasteiger partial charge in [0.25, 0.3) is 0 Å². The predicted molar refractivity (Wildman–Crippen MR) is 134 cm³/mol. The lowest BCUT2D eigenvalue weighted by atomic mass is 9.98. The first kappa shape index (κ1) is 26.4. The van der Waals surface area contributed by atoms with E-state index in [1.807, 2.05) is 91.0 Å². The highest BCUT2D eigenvalue weighted by Gasteiger charge is 2.48. The zero-order chi connectivity index (χ0) is 25.0. The van der Waals surface area contributed by atoms with E-state index in [1.165, 1.54) is 0 Å². The molecule has 2 N–H and O–H groups in total. The Morgan fingerprint density at radius 3 is 1.53 bits per heavy atom. The Morgan fingerprint density at radius 1 is 0.611 bits per heavy atom. The summed E-state index contributed by atoms with van der Waals surface area (Å²) >= 11 is 0. The highest BCUT2D eigenvalue weighted by Crippen LogP contribution is 2.30. The van der Waals surface area contributed by atoms with E-state index in [4.69, 9.17) is 28.8 Å². The number of hydrogen-bond donors (Lipinski definition) is 2. The topological polar surface area (TPSA) is 86.6 Å². The van der Waals surface area contributed by atoms with Crippen molar-refractivity contribution in [2.45, 2.75) is 50.5 Å². The van der Waals surface area contributed by atoms with E-state index in [-0.39, 0.29) is 26.4 Å². The molecule has 0 aromatic heterocycles. The minimum absolute atomic E-state index is 0.110. The van der Waals surface area contributed by atoms with Crippen LogP contribution >= 0.6 is 0 Å². The summed E-state index contributed by atoms with van der Waals surface area (Å²) in [5, 5.41) is 20.1. The first-order chi connectivity index (χ1) is 17.7. The fraction of sp³-hybridized carbons (Fsp3) is 0.379. The van der Waals surface area contributed by atoms with Crippen molar-refractivity contribution in [1.29, 1.82) is 0 Å². The quantitative estimate of drug-likeness (QED) is 0.352. The number of aliphatic hydroxyl groups excluding tert-OH is 2. The van der Waals surface area contributed by atoms with Crippen LogP contribution in [0, 0.1) is 0 Å². The third-order valence-electron chi connectivity index (χ3n) is 5.98. The molecule has 4 rings (SSSR count). The normalized spacial score (nSPS) is 24.0. The van der Waals surface area contributed by atoms with Crippen molar-refractivity contribution in [3.8, 4) is 0 Å². The molecule has 1 fully saturated rings. The smallest absolute Gasteiger partial charge is 0.184 e. The summed E-state index contributed by atoms with van der Waals surface area (Å²) in [5.74, 6) is 0. The Kier molecular flexibility index (Phi) is 10.4. The van der Waals surface area contributed by atoms with Crippen LogP contribution in [-0.4, -0.2) is 60.7 Å². The zero-order valence-electron chi connectivity index (χ0n) is 20.2. The SMILES string of the molecule is OCCOC[C@H]1OC(O)[C@H](OCc2ccccc2)[C@@H](OCc2ccccc2)[C@@H]1OCc1ccccc1. The van der Waals surface area contributed by atoms with Gasteiger partial charge in [0.1, 0.15) is 24.4 Å². The second kappa shape index (κ2) is 14.2. The molecule has 1 aliphatic rings. The molecule has 5 atom stereocenters. The molecule has 0 bridgehead atoms. The lowest BCUT2D eigenvalue weighted by Crippen LogP contribution is -2.61. The van der Waals surface area contributed by atoms with Gasteiger partial charge in [0, 0.05) is 0 Å². The molecule has 1 heterocycles. The van der Waals surface area contributed by atoms with Crippen LogP contribution in [0.1, 0.15) is 16.7 Å². The van der Waals surface area contributed by atoms with Crippen LogP contribution in [0.25, 0.3) is 0 Å². The van der Waals surface area contributed by atoms with E-state index in [1.54, 1.807) is 0 Å². The molecule has 0 amide bonds. The molecule has 0 radical (unpaired) electrons. The van der Waals surface area contributed by atoms with Gasteiger partial charge in [0.15, 0.2) is 6.29 Å². The third-order valence-corrected chi connectivity index (χ3v) is 5.98. The van der Waals surface area contributed by atoms with Crippen molar-refractivity contribution >= 4 is 0 Å². The second-order valence-corrected chi connectivity index (χ2v) is 8.65. The van der Waals surface area contributed by atoms with Crippen LogP contribution in [0.15, 0.2) is 91.0 Å². The maximum atomic E-state index is 11.0. The Bertz CT molecular complexity index is 986. The first-order valence-electron chi connectivity index (χ1n) is 12.2. The van der Waals surface area contributed by atoms with Gasteiger partial charge < -0.3 is 33.9 Å². The highest BCUT2D eigenvalue weighted by molar-refractivity contribution is 5.15. The lowest BCUT2D eigenvalue weighted by molar-refractivity contribution is -0.317. The van der Waals surface area contributed by atoms with Crippen molar-refractivity contribution in [2.75, 3.05) is 19.8 Å². The van der Waals surface area contributed by atoms with Crippen molar-refractivity contribution in [3.05, 3.63) is 108 Å². The summed E-state index contributed by atoms with van der Waals surface area (Å²) in [4.78, 5) is 0. The van der Waals surface area contributed by atoms with Crippen LogP contribution in [0.3, 0.4) is 0 Å². The standard InChI is InChI=1S/C29H34O7/c30-16-17-32-21-25-26(33-18-22-10-4-1-5-11-22)27(34-19-23-12-6-2-7-13-23)28(29(31)36-25)35-20-24-14-8-3-9-15-24/h1-15,25-31H,16-21H2/t25-,26-,27+,28-,29?/m1/s1. The fourth-order valence-corrected chi connectivity index (χ4v) is 4.16. The van der Waals surface area contributed by atoms with Gasteiger partial charge in [0.05, 0.1) is 39.6 Å². The van der Waals surface area contributed by atoms with Gasteiger partial charge in [-0.2, -0.15) is 0 Å². The van der Waals surface area contributed by atoms with Crippen LogP contribution in [-0.2, 0) is 43.5 Å². The second-order valence-electron chi connectivity index (χ2n) is 8.65. The van der Waals surface area contributed by atoms with Gasteiger partial charge in [-0.3, -0.25) is 0 Å². The van der Waals surface area contributed by atoms with Crippen molar-refractivity contribution in [3.63, 3.8) is 0 Å². The Labute approximate surface area is 212 Å². The van der Waals surface area contributed by atoms with Gasteiger partial charge in [-0.05, 0) is 16.7 Å². The summed E-state index contributed by atoms with van der Waals surface area (Å²) in [7, 11) is 0. The summed E-state index contributed by atoms with van der Waals surface area (Å²) < 4.78 is 30.4. The molecule has 0 aliphatic carbocycles. The zero-order valence-corrected chi connectivity index (χ0v) is 20.2. The molecule has 7 nitrogen and oxygen atoms in total. The lowest BCUT2D eigenvalue weighted by Gasteiger charge is -2.44. The first-order valence-corrected chi connectivity index (χ1v) is 12.2. The minimum atomic E-state index is -1.24. The molecule has 36 heavy (non-hydrogen) atoms. The van der Waals surface area contributed by atoms with Crippen molar-refractivity contribution in [1.82, 2.24) is 0 Å². The molecule has 0 saturated carbocycles. The predicted octanol–water partition coefficient (Wildman–Crippen LogP) is 3.47. The summed E-state index contributed by atoms with van der Waals surface area (Å²) in [6, 6.07) is 29.4. The van der Waals surface area contributed by atoms with E-state index in [0.717, 1.165) is 16.7 Å². The number of benzene rings is 3. The molecule has 3 aromatic rings. The van der Waals surface area contributed by atoms with Crippen LogP contribution < -0.4 is 0 Å². The van der Waals surface area contributed by atoms with Gasteiger partial charge in [-0.15, -0.1) is 0 Å². The molecule has 1 aliphatic heterocycles. The monoisotopic (exact) mass is 494 g/mol. The van der Waals surface area contributed by atoms with E-state index in [2.05, 4.69) is 0 Å². The molecule has 192 valence electrons. The fourth-order valence-electron chi connectivity index (χ4n) is 4.16. The summed E-state index contributed by atoms with van der Waals surface area (Å²) in [5.41, 5.74) is 2.97. The average Bonchev–Trinajstić information content (AvgIpc) is 2.92. The largest absolute Gasteiger partial charge is 0.394 e. The molecular weight excluding hydrogens is 460 g/mol. The number of ether oxygens (including phenoxy) is 5. The van der Waals surface area contributed by atoms with Crippen LogP contribution in [0.2, 0.25) is 0 Å². The van der Waals surface area contributed by atoms with Gasteiger partial charge >= 0.3 is 0 Å². The molecule has 0 spiro atoms. The Morgan fingerprint density at radius 2 is 1.06 bits per heavy atom. The van der Waals surface area contributed by atoms with Crippen molar-refractivity contribution < 1.29 is 33.9 Å². The van der Waals surface area contributed by atoms with Gasteiger partial charge in [-0.25, -0.2) is 0 Å². The minimum Gasteiger partial charge on any atom is -0.394 e. The van der Waals surface area contributed by atoms with Gasteiger partial charge in [-0.1, -0.05) is 91.0 Å². The molecular formula is C29H34O7. The van der Waals surface area contributed by atoms with Crippen LogP contribution in [0.4, 0.5) is 0 Å². The number of hydrogen-bond acceptors (Lipinski definition) is 7. The van der Waals surface area contributed by atoms with Crippen LogP contribution in [0.5, 0.6) is 0 Å². The molecule has 7 heteroatoms. The highest BCUT2D eigenvalue weighted by atomic mass is 16.7. The Balaban J connectivity index is 1.55. The number of aliphatic hydroxyl groups is 2. The maximum absolute atomic E-state index is 11.0. The maximum Gasteiger partial charge on any atom is 0.184 e. The Hall–Kier alpha value is -2.62. The molecule has 1 unspecified atom stereocenters. The average molecular weight is 495 g/mol. The summed E-state index contributed by atoms with van der Waals surface area (Å²) in [6.45, 7) is 1.12. The van der Waals surface area contributed by atoms with E-state index in [0.29, 0.717) is 13.2 Å². The van der Waals surface area contributed by atoms with E-state index < -0.39 is 30.7 Å².